The number of hydrogen-bond donors (Lipinski definition) is 1. The molecule has 1 aromatic heterocycles. The predicted molar refractivity (Wildman–Crippen MR) is 80.1 cm³/mol. The van der Waals surface area contributed by atoms with Gasteiger partial charge in [-0.25, -0.2) is 4.98 Å². The SMILES string of the molecule is C[C@@H](N)c1ccc(Sc2ccc(C(F)(F)F)cn2)cc1Br. The Morgan fingerprint density at radius 3 is 2.43 bits per heavy atom. The van der Waals surface area contributed by atoms with Crippen LogP contribution in [0.25, 0.3) is 0 Å². The molecule has 21 heavy (non-hydrogen) atoms. The van der Waals surface area contributed by atoms with Crippen LogP contribution >= 0.6 is 27.7 Å². The molecule has 0 bridgehead atoms. The Morgan fingerprint density at radius 2 is 1.95 bits per heavy atom. The highest BCUT2D eigenvalue weighted by atomic mass is 79.9. The number of hydrogen-bond acceptors (Lipinski definition) is 3. The maximum absolute atomic E-state index is 12.5. The highest BCUT2D eigenvalue weighted by Gasteiger charge is 2.30. The van der Waals surface area contributed by atoms with Gasteiger partial charge in [0.05, 0.1) is 5.56 Å². The molecule has 0 fully saturated rings. The zero-order valence-corrected chi connectivity index (χ0v) is 13.4. The number of alkyl halides is 3. The van der Waals surface area contributed by atoms with Gasteiger partial charge >= 0.3 is 6.18 Å². The molecule has 0 unspecified atom stereocenters. The first kappa shape index (κ1) is 16.3. The van der Waals surface area contributed by atoms with Gasteiger partial charge in [0.25, 0.3) is 0 Å². The minimum atomic E-state index is -4.36. The summed E-state index contributed by atoms with van der Waals surface area (Å²) in [5.41, 5.74) is 6.04. The van der Waals surface area contributed by atoms with Crippen molar-refractivity contribution in [2.24, 2.45) is 5.73 Å². The zero-order chi connectivity index (χ0) is 15.6. The van der Waals surface area contributed by atoms with Gasteiger partial charge in [0.1, 0.15) is 5.03 Å². The summed E-state index contributed by atoms with van der Waals surface area (Å²) in [6, 6.07) is 7.93. The molecule has 0 aliphatic rings. The van der Waals surface area contributed by atoms with Crippen molar-refractivity contribution in [3.8, 4) is 0 Å². The van der Waals surface area contributed by atoms with Crippen molar-refractivity contribution in [2.75, 3.05) is 0 Å². The molecule has 0 saturated heterocycles. The average molecular weight is 377 g/mol. The number of rotatable bonds is 3. The highest BCUT2D eigenvalue weighted by molar-refractivity contribution is 9.10. The van der Waals surface area contributed by atoms with Gasteiger partial charge in [0.2, 0.25) is 0 Å². The van der Waals surface area contributed by atoms with Crippen LogP contribution in [-0.4, -0.2) is 4.98 Å². The van der Waals surface area contributed by atoms with Crippen LogP contribution in [0.15, 0.2) is 50.9 Å². The fourth-order valence-electron chi connectivity index (χ4n) is 1.67. The molecular weight excluding hydrogens is 365 g/mol. The number of aromatic nitrogens is 1. The van der Waals surface area contributed by atoms with Crippen molar-refractivity contribution in [1.29, 1.82) is 0 Å². The molecule has 7 heteroatoms. The summed E-state index contributed by atoms with van der Waals surface area (Å²) in [4.78, 5) is 4.70. The molecule has 0 spiro atoms. The quantitative estimate of drug-likeness (QED) is 0.815. The molecular formula is C14H12BrF3N2S. The van der Waals surface area contributed by atoms with Crippen LogP contribution in [0.2, 0.25) is 0 Å². The van der Waals surface area contributed by atoms with Crippen LogP contribution < -0.4 is 5.73 Å². The van der Waals surface area contributed by atoms with Gasteiger partial charge in [-0.1, -0.05) is 33.8 Å². The first-order valence-corrected chi connectivity index (χ1v) is 7.64. The van der Waals surface area contributed by atoms with Crippen molar-refractivity contribution >= 4 is 27.7 Å². The van der Waals surface area contributed by atoms with Crippen molar-refractivity contribution < 1.29 is 13.2 Å². The lowest BCUT2D eigenvalue weighted by atomic mass is 10.1. The lowest BCUT2D eigenvalue weighted by molar-refractivity contribution is -0.137. The van der Waals surface area contributed by atoms with Crippen LogP contribution in [0.4, 0.5) is 13.2 Å². The third-order valence-corrected chi connectivity index (χ3v) is 4.38. The Kier molecular flexibility index (Phi) is 4.95. The van der Waals surface area contributed by atoms with E-state index in [2.05, 4.69) is 20.9 Å². The van der Waals surface area contributed by atoms with Crippen LogP contribution in [-0.2, 0) is 6.18 Å². The van der Waals surface area contributed by atoms with E-state index in [4.69, 9.17) is 5.73 Å². The van der Waals surface area contributed by atoms with Gasteiger partial charge in [0.15, 0.2) is 0 Å². The summed E-state index contributed by atoms with van der Waals surface area (Å²) in [6.07, 6.45) is -3.52. The van der Waals surface area contributed by atoms with Crippen molar-refractivity contribution in [3.05, 3.63) is 52.1 Å². The second kappa shape index (κ2) is 6.37. The van der Waals surface area contributed by atoms with E-state index in [1.54, 1.807) is 0 Å². The Labute approximate surface area is 133 Å². The summed E-state index contributed by atoms with van der Waals surface area (Å²) in [6.45, 7) is 1.88. The molecule has 0 radical (unpaired) electrons. The molecule has 0 amide bonds. The van der Waals surface area contributed by atoms with Gasteiger partial charge in [-0.3, -0.25) is 0 Å². The van der Waals surface area contributed by atoms with E-state index in [-0.39, 0.29) is 6.04 Å². The Bertz CT molecular complexity index is 627. The van der Waals surface area contributed by atoms with E-state index in [0.717, 1.165) is 27.2 Å². The summed E-state index contributed by atoms with van der Waals surface area (Å²) in [7, 11) is 0. The van der Waals surface area contributed by atoms with Gasteiger partial charge in [0, 0.05) is 21.6 Å². The van der Waals surface area contributed by atoms with Crippen LogP contribution in [0.5, 0.6) is 0 Å². The fraction of sp³-hybridized carbons (Fsp3) is 0.214. The molecule has 1 aromatic carbocycles. The number of nitrogens with zero attached hydrogens (tertiary/aromatic N) is 1. The third kappa shape index (κ3) is 4.21. The first-order chi connectivity index (χ1) is 9.77. The molecule has 0 aliphatic carbocycles. The molecule has 2 aromatic rings. The summed E-state index contributed by atoms with van der Waals surface area (Å²) < 4.78 is 38.2. The third-order valence-electron chi connectivity index (χ3n) is 2.75. The lowest BCUT2D eigenvalue weighted by Crippen LogP contribution is -2.05. The van der Waals surface area contributed by atoms with Gasteiger partial charge in [-0.15, -0.1) is 0 Å². The van der Waals surface area contributed by atoms with E-state index in [0.29, 0.717) is 5.03 Å². The molecule has 112 valence electrons. The smallest absolute Gasteiger partial charge is 0.324 e. The maximum atomic E-state index is 12.5. The molecule has 1 heterocycles. The zero-order valence-electron chi connectivity index (χ0n) is 11.0. The first-order valence-electron chi connectivity index (χ1n) is 6.03. The van der Waals surface area contributed by atoms with E-state index < -0.39 is 11.7 Å². The van der Waals surface area contributed by atoms with Gasteiger partial charge in [-0.05, 0) is 36.8 Å². The van der Waals surface area contributed by atoms with Crippen LogP contribution in [0.1, 0.15) is 24.1 Å². The summed E-state index contributed by atoms with van der Waals surface area (Å²) >= 11 is 4.73. The van der Waals surface area contributed by atoms with Gasteiger partial charge < -0.3 is 5.73 Å². The molecule has 1 atom stereocenters. The number of benzene rings is 1. The number of nitrogens with two attached hydrogens (primary N) is 1. The number of halogens is 4. The average Bonchev–Trinajstić information content (AvgIpc) is 2.38. The number of pyridine rings is 1. The molecule has 0 aliphatic heterocycles. The topological polar surface area (TPSA) is 38.9 Å². The molecule has 2 N–H and O–H groups in total. The fourth-order valence-corrected chi connectivity index (χ4v) is 3.36. The highest BCUT2D eigenvalue weighted by Crippen LogP contribution is 2.33. The predicted octanol–water partition coefficient (Wildman–Crippen LogP) is 5.03. The van der Waals surface area contributed by atoms with E-state index in [9.17, 15) is 13.2 Å². The van der Waals surface area contributed by atoms with Crippen LogP contribution in [0.3, 0.4) is 0 Å². The standard InChI is InChI=1S/C14H12BrF3N2S/c1-8(19)11-4-3-10(6-12(11)15)21-13-5-2-9(7-20-13)14(16,17)18/h2-8H,19H2,1H3/t8-/m1/s1. The molecule has 2 nitrogen and oxygen atoms in total. The van der Waals surface area contributed by atoms with Crippen molar-refractivity contribution in [2.45, 2.75) is 29.1 Å². The second-order valence-electron chi connectivity index (χ2n) is 4.46. The minimum absolute atomic E-state index is 0.0948. The van der Waals surface area contributed by atoms with Crippen molar-refractivity contribution in [1.82, 2.24) is 4.98 Å². The summed E-state index contributed by atoms with van der Waals surface area (Å²) in [5.74, 6) is 0. The normalized spacial score (nSPS) is 13.2. The maximum Gasteiger partial charge on any atom is 0.417 e. The van der Waals surface area contributed by atoms with Crippen LogP contribution in [0, 0.1) is 0 Å². The Balaban J connectivity index is 2.17. The second-order valence-corrected chi connectivity index (χ2v) is 6.41. The molecule has 0 saturated carbocycles. The lowest BCUT2D eigenvalue weighted by Gasteiger charge is -2.10. The Hall–Kier alpha value is -1.05. The van der Waals surface area contributed by atoms with E-state index in [1.807, 2.05) is 25.1 Å². The van der Waals surface area contributed by atoms with Gasteiger partial charge in [-0.2, -0.15) is 13.2 Å². The Morgan fingerprint density at radius 1 is 1.24 bits per heavy atom. The molecule has 2 rings (SSSR count). The van der Waals surface area contributed by atoms with E-state index >= 15 is 0 Å². The summed E-state index contributed by atoms with van der Waals surface area (Å²) in [5, 5.41) is 0.503. The minimum Gasteiger partial charge on any atom is -0.324 e. The van der Waals surface area contributed by atoms with E-state index in [1.165, 1.54) is 17.8 Å². The monoisotopic (exact) mass is 376 g/mol. The largest absolute Gasteiger partial charge is 0.417 e. The van der Waals surface area contributed by atoms with Crippen molar-refractivity contribution in [3.63, 3.8) is 0 Å².